The van der Waals surface area contributed by atoms with E-state index in [9.17, 15) is 37.1 Å². The number of hydrogen-bond donors (Lipinski definition) is 8. The van der Waals surface area contributed by atoms with Gasteiger partial charge in [0.05, 0.1) is 0 Å². The maximum Gasteiger partial charge on any atom is 0.243 e. The van der Waals surface area contributed by atoms with Crippen LogP contribution in [0.4, 0.5) is 22.0 Å². The number of rotatable bonds is 15. The number of nitrogens with two attached hydrogens (primary N) is 1. The standard InChI is InChI=1S/C43H45F5N8O5S/c44-33-27(34(45)36(47)37(48)35(33)46)20-31(41(60)56-43(42(49)61)11-15-51-16-12-43)55-39(58)29(18-24-21-52-28-7-3-2-6-26(24)28)54-40(59)30(53-38(57)22-9-13-50-14-10-22)19-25-17-23-5-1-4-8-32(23)62-25/h1-8,17,21-22,29-31,50-52H,9-16,18-20H2,(H2,49,61)(H,53,57)(H,54,59)(H,55,58)(H,56,60)/t29-,30-,31+/m1/s1. The fourth-order valence-electron chi connectivity index (χ4n) is 8.05. The topological polar surface area (TPSA) is 199 Å². The lowest BCUT2D eigenvalue weighted by atomic mass is 9.87. The molecular formula is C43H45F5N8O5S. The van der Waals surface area contributed by atoms with Gasteiger partial charge in [0.15, 0.2) is 23.3 Å². The van der Waals surface area contributed by atoms with E-state index in [1.54, 1.807) is 30.5 Å². The Hall–Kier alpha value is -5.92. The highest BCUT2D eigenvalue weighted by Gasteiger charge is 2.42. The second kappa shape index (κ2) is 19.0. The number of hydrogen-bond acceptors (Lipinski definition) is 8. The molecule has 2 aliphatic heterocycles. The van der Waals surface area contributed by atoms with Gasteiger partial charge in [-0.15, -0.1) is 11.3 Å². The molecular weight excluding hydrogens is 836 g/mol. The van der Waals surface area contributed by atoms with E-state index in [-0.39, 0.29) is 50.6 Å². The number of carbonyl (C=O) groups is 5. The Balaban J connectivity index is 1.23. The third-order valence-electron chi connectivity index (χ3n) is 11.6. The average molecular weight is 881 g/mol. The number of para-hydroxylation sites is 1. The van der Waals surface area contributed by atoms with E-state index in [4.69, 9.17) is 5.73 Å². The first-order valence-corrected chi connectivity index (χ1v) is 21.0. The van der Waals surface area contributed by atoms with Crippen LogP contribution in [0.3, 0.4) is 0 Å². The molecule has 5 amide bonds. The molecule has 13 nitrogen and oxygen atoms in total. The summed E-state index contributed by atoms with van der Waals surface area (Å²) < 4.78 is 74.4. The molecule has 62 heavy (non-hydrogen) atoms. The van der Waals surface area contributed by atoms with Crippen LogP contribution in [0.5, 0.6) is 0 Å². The van der Waals surface area contributed by atoms with Gasteiger partial charge >= 0.3 is 0 Å². The summed E-state index contributed by atoms with van der Waals surface area (Å²) in [5, 5.41) is 18.3. The molecule has 0 aliphatic carbocycles. The number of halogens is 5. The highest BCUT2D eigenvalue weighted by atomic mass is 32.1. The van der Waals surface area contributed by atoms with Crippen molar-refractivity contribution in [3.63, 3.8) is 0 Å². The summed E-state index contributed by atoms with van der Waals surface area (Å²) in [4.78, 5) is 73.4. The minimum atomic E-state index is -2.42. The largest absolute Gasteiger partial charge is 0.368 e. The van der Waals surface area contributed by atoms with Gasteiger partial charge in [0, 0.05) is 57.4 Å². The van der Waals surface area contributed by atoms with Crippen LogP contribution >= 0.6 is 11.3 Å². The highest BCUT2D eigenvalue weighted by molar-refractivity contribution is 7.19. The van der Waals surface area contributed by atoms with Gasteiger partial charge in [-0.2, -0.15) is 0 Å². The predicted molar refractivity (Wildman–Crippen MR) is 221 cm³/mol. The first-order chi connectivity index (χ1) is 29.7. The van der Waals surface area contributed by atoms with Crippen LogP contribution in [0, 0.1) is 35.0 Å². The summed E-state index contributed by atoms with van der Waals surface area (Å²) in [6.07, 6.45) is 1.21. The quantitative estimate of drug-likeness (QED) is 0.0449. The molecule has 0 unspecified atom stereocenters. The number of H-pyrrole nitrogens is 1. The lowest BCUT2D eigenvalue weighted by Crippen LogP contribution is -2.65. The molecule has 3 atom stereocenters. The first-order valence-electron chi connectivity index (χ1n) is 20.2. The number of fused-ring (bicyclic) bond motifs is 2. The molecule has 0 bridgehead atoms. The number of piperidine rings is 2. The SMILES string of the molecule is NC(=O)C1(NC(=O)[C@H](Cc2c(F)c(F)c(F)c(F)c2F)NC(=O)[C@@H](Cc2c[nH]c3ccccc23)NC(=O)[C@@H](Cc2cc3ccccc3s2)NC(=O)C2CCNCC2)CCNCC1. The molecule has 0 radical (unpaired) electrons. The van der Waals surface area contributed by atoms with Gasteiger partial charge in [0.25, 0.3) is 0 Å². The third-order valence-corrected chi connectivity index (χ3v) is 12.7. The number of aromatic nitrogens is 1. The number of benzene rings is 3. The van der Waals surface area contributed by atoms with E-state index >= 15 is 8.78 Å². The van der Waals surface area contributed by atoms with Crippen LogP contribution in [-0.4, -0.2) is 84.4 Å². The van der Waals surface area contributed by atoms with Crippen LogP contribution in [0.1, 0.15) is 41.7 Å². The number of nitrogens with one attached hydrogen (secondary N) is 7. The van der Waals surface area contributed by atoms with Crippen LogP contribution < -0.4 is 37.6 Å². The van der Waals surface area contributed by atoms with E-state index in [0.717, 1.165) is 15.0 Å². The van der Waals surface area contributed by atoms with Gasteiger partial charge in [0.2, 0.25) is 35.4 Å². The molecule has 0 saturated carbocycles. The summed E-state index contributed by atoms with van der Waals surface area (Å²) in [5.74, 6) is -16.2. The molecule has 5 aromatic rings. The molecule has 9 N–H and O–H groups in total. The molecule has 7 rings (SSSR count). The Kier molecular flexibility index (Phi) is 13.5. The molecule has 2 aromatic heterocycles. The Labute approximate surface area is 356 Å². The minimum Gasteiger partial charge on any atom is -0.368 e. The highest BCUT2D eigenvalue weighted by Crippen LogP contribution is 2.28. The summed E-state index contributed by atoms with van der Waals surface area (Å²) in [6, 6.07) is 11.7. The van der Waals surface area contributed by atoms with Crippen molar-refractivity contribution in [3.05, 3.63) is 106 Å². The van der Waals surface area contributed by atoms with Crippen LogP contribution in [0.25, 0.3) is 21.0 Å². The number of amides is 5. The molecule has 2 aliphatic rings. The number of thiophene rings is 1. The normalized spacial score (nSPS) is 16.9. The molecule has 328 valence electrons. The number of aromatic amines is 1. The van der Waals surface area contributed by atoms with Crippen molar-refractivity contribution in [2.75, 3.05) is 26.2 Å². The van der Waals surface area contributed by atoms with Crippen LogP contribution in [-0.2, 0) is 43.2 Å². The maximum absolute atomic E-state index is 15.2. The Morgan fingerprint density at radius 1 is 0.710 bits per heavy atom. The van der Waals surface area contributed by atoms with E-state index < -0.39 is 88.4 Å². The van der Waals surface area contributed by atoms with Gasteiger partial charge in [-0.25, -0.2) is 22.0 Å². The summed E-state index contributed by atoms with van der Waals surface area (Å²) in [6.45, 7) is 1.67. The predicted octanol–water partition coefficient (Wildman–Crippen LogP) is 3.28. The first kappa shape index (κ1) is 44.1. The Bertz CT molecular complexity index is 2440. The zero-order valence-electron chi connectivity index (χ0n) is 33.3. The van der Waals surface area contributed by atoms with Gasteiger partial charge < -0.3 is 42.6 Å². The zero-order valence-corrected chi connectivity index (χ0v) is 34.1. The van der Waals surface area contributed by atoms with Crippen molar-refractivity contribution in [1.29, 1.82) is 0 Å². The van der Waals surface area contributed by atoms with Crippen molar-refractivity contribution >= 4 is 61.9 Å². The van der Waals surface area contributed by atoms with E-state index in [2.05, 4.69) is 36.9 Å². The Morgan fingerprint density at radius 2 is 1.29 bits per heavy atom. The second-order valence-electron chi connectivity index (χ2n) is 15.7. The van der Waals surface area contributed by atoms with Crippen molar-refractivity contribution < 1.29 is 45.9 Å². The van der Waals surface area contributed by atoms with E-state index in [0.29, 0.717) is 42.4 Å². The van der Waals surface area contributed by atoms with Gasteiger partial charge in [0.1, 0.15) is 23.7 Å². The van der Waals surface area contributed by atoms with Crippen molar-refractivity contribution in [2.24, 2.45) is 11.7 Å². The van der Waals surface area contributed by atoms with Crippen molar-refractivity contribution in [2.45, 2.75) is 68.6 Å². The molecule has 2 saturated heterocycles. The Morgan fingerprint density at radius 3 is 1.95 bits per heavy atom. The smallest absolute Gasteiger partial charge is 0.243 e. The van der Waals surface area contributed by atoms with Gasteiger partial charge in [-0.05, 0) is 81.0 Å². The summed E-state index contributed by atoms with van der Waals surface area (Å²) >= 11 is 1.43. The molecule has 2 fully saturated rings. The number of primary amides is 1. The molecule has 4 heterocycles. The maximum atomic E-state index is 15.2. The minimum absolute atomic E-state index is 0.0131. The lowest BCUT2D eigenvalue weighted by molar-refractivity contribution is -0.136. The van der Waals surface area contributed by atoms with Gasteiger partial charge in [-0.3, -0.25) is 24.0 Å². The van der Waals surface area contributed by atoms with Crippen molar-refractivity contribution in [3.8, 4) is 0 Å². The van der Waals surface area contributed by atoms with Crippen molar-refractivity contribution in [1.82, 2.24) is 36.9 Å². The average Bonchev–Trinajstić information content (AvgIpc) is 3.89. The zero-order chi connectivity index (χ0) is 44.1. The molecule has 19 heteroatoms. The third kappa shape index (κ3) is 9.59. The molecule has 0 spiro atoms. The fourth-order valence-corrected chi connectivity index (χ4v) is 9.16. The fraction of sp³-hybridized carbons (Fsp3) is 0.372. The second-order valence-corrected chi connectivity index (χ2v) is 16.8. The van der Waals surface area contributed by atoms with Crippen LogP contribution in [0.15, 0.2) is 60.8 Å². The lowest BCUT2D eigenvalue weighted by Gasteiger charge is -2.36. The summed E-state index contributed by atoms with van der Waals surface area (Å²) in [5.41, 5.74) is 3.84. The van der Waals surface area contributed by atoms with E-state index in [1.807, 2.05) is 30.3 Å². The van der Waals surface area contributed by atoms with Crippen LogP contribution in [0.2, 0.25) is 0 Å². The summed E-state index contributed by atoms with van der Waals surface area (Å²) in [7, 11) is 0. The van der Waals surface area contributed by atoms with E-state index in [1.165, 1.54) is 11.3 Å². The van der Waals surface area contributed by atoms with Gasteiger partial charge in [-0.1, -0.05) is 36.4 Å². The molecule has 3 aromatic carbocycles. The monoisotopic (exact) mass is 880 g/mol. The number of carbonyl (C=O) groups excluding carboxylic acids is 5.